The van der Waals surface area contributed by atoms with Crippen molar-refractivity contribution in [1.82, 2.24) is 9.97 Å². The lowest BCUT2D eigenvalue weighted by molar-refractivity contribution is 0.102. The molecule has 4 rings (SSSR count). The molecule has 160 valence electrons. The van der Waals surface area contributed by atoms with Crippen LogP contribution < -0.4 is 10.0 Å². The van der Waals surface area contributed by atoms with Crippen molar-refractivity contribution < 1.29 is 17.6 Å². The third kappa shape index (κ3) is 4.79. The summed E-state index contributed by atoms with van der Waals surface area (Å²) >= 11 is 0. The van der Waals surface area contributed by atoms with Gasteiger partial charge < -0.3 is 5.32 Å². The van der Waals surface area contributed by atoms with Gasteiger partial charge in [-0.3, -0.25) is 9.52 Å². The van der Waals surface area contributed by atoms with Crippen LogP contribution in [-0.4, -0.2) is 24.3 Å². The molecule has 1 amide bonds. The second kappa shape index (κ2) is 8.94. The number of aromatic nitrogens is 2. The number of anilines is 2. The first kappa shape index (κ1) is 21.1. The van der Waals surface area contributed by atoms with Crippen LogP contribution in [0, 0.1) is 5.82 Å². The minimum Gasteiger partial charge on any atom is -0.319 e. The maximum atomic E-state index is 13.8. The number of sulfonamides is 1. The molecular formula is C23H17FN4O3S. The zero-order valence-corrected chi connectivity index (χ0v) is 17.4. The van der Waals surface area contributed by atoms with Gasteiger partial charge in [-0.2, -0.15) is 0 Å². The minimum absolute atomic E-state index is 0.105. The number of halogens is 1. The maximum absolute atomic E-state index is 13.8. The smallest absolute Gasteiger partial charge is 0.262 e. The van der Waals surface area contributed by atoms with Crippen LogP contribution in [0.15, 0.2) is 96.2 Å². The van der Waals surface area contributed by atoms with Gasteiger partial charge in [-0.1, -0.05) is 48.5 Å². The Morgan fingerprint density at radius 1 is 0.844 bits per heavy atom. The van der Waals surface area contributed by atoms with E-state index in [4.69, 9.17) is 0 Å². The first-order valence-corrected chi connectivity index (χ1v) is 11.0. The summed E-state index contributed by atoms with van der Waals surface area (Å²) in [6.45, 7) is 0. The number of nitrogens with zero attached hydrogens (tertiary/aromatic N) is 2. The number of benzene rings is 3. The molecule has 0 bridgehead atoms. The fraction of sp³-hybridized carbons (Fsp3) is 0. The molecule has 0 saturated heterocycles. The molecule has 1 heterocycles. The predicted molar refractivity (Wildman–Crippen MR) is 119 cm³/mol. The molecule has 0 fully saturated rings. The topological polar surface area (TPSA) is 101 Å². The van der Waals surface area contributed by atoms with Crippen molar-refractivity contribution >= 4 is 27.3 Å². The van der Waals surface area contributed by atoms with Gasteiger partial charge in [0.2, 0.25) is 0 Å². The minimum atomic E-state index is -4.10. The van der Waals surface area contributed by atoms with Crippen LogP contribution in [0.2, 0.25) is 0 Å². The molecule has 0 atom stereocenters. The van der Waals surface area contributed by atoms with E-state index in [0.717, 1.165) is 11.6 Å². The first-order chi connectivity index (χ1) is 15.4. The highest BCUT2D eigenvalue weighted by atomic mass is 32.2. The molecule has 1 aromatic heterocycles. The van der Waals surface area contributed by atoms with Gasteiger partial charge in [-0.25, -0.2) is 22.8 Å². The number of hydrogen-bond acceptors (Lipinski definition) is 5. The normalized spacial score (nSPS) is 11.0. The van der Waals surface area contributed by atoms with Crippen LogP contribution in [0.4, 0.5) is 15.8 Å². The van der Waals surface area contributed by atoms with Crippen LogP contribution in [0.1, 0.15) is 10.4 Å². The summed E-state index contributed by atoms with van der Waals surface area (Å²) < 4.78 is 41.3. The summed E-state index contributed by atoms with van der Waals surface area (Å²) in [5.74, 6) is -0.733. The molecule has 7 nitrogen and oxygen atoms in total. The maximum Gasteiger partial charge on any atom is 0.262 e. The highest BCUT2D eigenvalue weighted by molar-refractivity contribution is 7.92. The van der Waals surface area contributed by atoms with Crippen molar-refractivity contribution in [2.24, 2.45) is 0 Å². The number of rotatable bonds is 6. The highest BCUT2D eigenvalue weighted by Gasteiger charge is 2.18. The lowest BCUT2D eigenvalue weighted by atomic mass is 10.2. The van der Waals surface area contributed by atoms with Gasteiger partial charge in [-0.15, -0.1) is 0 Å². The van der Waals surface area contributed by atoms with E-state index in [1.165, 1.54) is 54.9 Å². The fourth-order valence-corrected chi connectivity index (χ4v) is 4.00. The van der Waals surface area contributed by atoms with Crippen LogP contribution in [-0.2, 0) is 10.0 Å². The number of carbonyl (C=O) groups is 1. The van der Waals surface area contributed by atoms with E-state index < -0.39 is 21.7 Å². The van der Waals surface area contributed by atoms with E-state index in [1.807, 2.05) is 30.3 Å². The Morgan fingerprint density at radius 2 is 1.53 bits per heavy atom. The highest BCUT2D eigenvalue weighted by Crippen LogP contribution is 2.20. The average Bonchev–Trinajstić information content (AvgIpc) is 2.82. The summed E-state index contributed by atoms with van der Waals surface area (Å²) in [4.78, 5) is 20.9. The largest absolute Gasteiger partial charge is 0.319 e. The molecule has 0 aliphatic rings. The molecule has 2 N–H and O–H groups in total. The van der Waals surface area contributed by atoms with Crippen LogP contribution in [0.3, 0.4) is 0 Å². The van der Waals surface area contributed by atoms with E-state index in [2.05, 4.69) is 20.0 Å². The standard InChI is InChI=1S/C23H17FN4O3S/c24-20-11-4-5-12-21(20)28-32(30,31)19-10-6-9-17(13-19)23(29)27-18-14-25-22(26-15-18)16-7-2-1-3-8-16/h1-15,28H,(H,27,29). The Morgan fingerprint density at radius 3 is 2.25 bits per heavy atom. The number of para-hydroxylation sites is 1. The van der Waals surface area contributed by atoms with E-state index in [1.54, 1.807) is 0 Å². The van der Waals surface area contributed by atoms with Gasteiger partial charge in [0, 0.05) is 11.1 Å². The zero-order chi connectivity index (χ0) is 22.6. The van der Waals surface area contributed by atoms with Crippen LogP contribution in [0.25, 0.3) is 11.4 Å². The summed E-state index contributed by atoms with van der Waals surface area (Å²) in [6.07, 6.45) is 2.93. The second-order valence-electron chi connectivity index (χ2n) is 6.73. The molecular weight excluding hydrogens is 431 g/mol. The molecule has 32 heavy (non-hydrogen) atoms. The number of carbonyl (C=O) groups excluding carboxylic acids is 1. The predicted octanol–water partition coefficient (Wildman–Crippen LogP) is 4.34. The lowest BCUT2D eigenvalue weighted by Crippen LogP contribution is -2.16. The zero-order valence-electron chi connectivity index (χ0n) is 16.6. The van der Waals surface area contributed by atoms with E-state index >= 15 is 0 Å². The van der Waals surface area contributed by atoms with E-state index in [0.29, 0.717) is 11.5 Å². The number of amides is 1. The summed E-state index contributed by atoms with van der Waals surface area (Å²) in [6, 6.07) is 20.2. The van der Waals surface area contributed by atoms with E-state index in [-0.39, 0.29) is 16.1 Å². The quantitative estimate of drug-likeness (QED) is 0.457. The number of hydrogen-bond donors (Lipinski definition) is 2. The molecule has 0 saturated carbocycles. The molecule has 9 heteroatoms. The molecule has 0 unspecified atom stereocenters. The van der Waals surface area contributed by atoms with Crippen molar-refractivity contribution in [2.75, 3.05) is 10.0 Å². The Labute approximate surface area is 184 Å². The average molecular weight is 448 g/mol. The fourth-order valence-electron chi connectivity index (χ4n) is 2.88. The van der Waals surface area contributed by atoms with Crippen LogP contribution in [0.5, 0.6) is 0 Å². The first-order valence-electron chi connectivity index (χ1n) is 9.49. The monoisotopic (exact) mass is 448 g/mol. The molecule has 3 aromatic carbocycles. The summed E-state index contributed by atoms with van der Waals surface area (Å²) in [5.41, 5.74) is 1.12. The molecule has 0 spiro atoms. The van der Waals surface area contributed by atoms with Gasteiger partial charge in [0.1, 0.15) is 5.82 Å². The lowest BCUT2D eigenvalue weighted by Gasteiger charge is -2.10. The third-order valence-corrected chi connectivity index (χ3v) is 5.83. The Hall–Kier alpha value is -4.11. The van der Waals surface area contributed by atoms with Gasteiger partial charge in [0.25, 0.3) is 15.9 Å². The van der Waals surface area contributed by atoms with Gasteiger partial charge in [-0.05, 0) is 30.3 Å². The Balaban J connectivity index is 1.50. The summed E-state index contributed by atoms with van der Waals surface area (Å²) in [5, 5.41) is 2.64. The third-order valence-electron chi connectivity index (χ3n) is 4.47. The number of nitrogens with one attached hydrogen (secondary N) is 2. The van der Waals surface area contributed by atoms with E-state index in [9.17, 15) is 17.6 Å². The van der Waals surface area contributed by atoms with Crippen LogP contribution >= 0.6 is 0 Å². The van der Waals surface area contributed by atoms with Gasteiger partial charge in [0.05, 0.1) is 28.7 Å². The second-order valence-corrected chi connectivity index (χ2v) is 8.41. The van der Waals surface area contributed by atoms with Gasteiger partial charge >= 0.3 is 0 Å². The van der Waals surface area contributed by atoms with Crippen molar-refractivity contribution in [2.45, 2.75) is 4.90 Å². The Kier molecular flexibility index (Phi) is 5.91. The van der Waals surface area contributed by atoms with Gasteiger partial charge in [0.15, 0.2) is 5.82 Å². The van der Waals surface area contributed by atoms with Crippen molar-refractivity contribution in [3.63, 3.8) is 0 Å². The molecule has 0 aliphatic heterocycles. The van der Waals surface area contributed by atoms with Crippen molar-refractivity contribution in [1.29, 1.82) is 0 Å². The molecule has 0 aliphatic carbocycles. The Bertz CT molecular complexity index is 1360. The van der Waals surface area contributed by atoms with Crippen molar-refractivity contribution in [3.8, 4) is 11.4 Å². The summed E-state index contributed by atoms with van der Waals surface area (Å²) in [7, 11) is -4.10. The SMILES string of the molecule is O=C(Nc1cnc(-c2ccccc2)nc1)c1cccc(S(=O)(=O)Nc2ccccc2F)c1. The molecule has 0 radical (unpaired) electrons. The van der Waals surface area contributed by atoms with Crippen molar-refractivity contribution in [3.05, 3.63) is 103 Å². The molecule has 4 aromatic rings.